The maximum atomic E-state index is 14.1. The van der Waals surface area contributed by atoms with Crippen molar-refractivity contribution in [1.29, 1.82) is 0 Å². The van der Waals surface area contributed by atoms with Gasteiger partial charge in [-0.15, -0.1) is 0 Å². The number of rotatable bonds is 6. The van der Waals surface area contributed by atoms with Crippen molar-refractivity contribution in [3.05, 3.63) is 53.4 Å². The van der Waals surface area contributed by atoms with Crippen LogP contribution in [0.3, 0.4) is 0 Å². The van der Waals surface area contributed by atoms with Gasteiger partial charge >= 0.3 is 0 Å². The third-order valence-corrected chi connectivity index (χ3v) is 5.13. The molecule has 0 spiro atoms. The summed E-state index contributed by atoms with van der Waals surface area (Å²) in [6, 6.07) is 3.38. The number of hydrogen-bond donors (Lipinski definition) is 1. The fourth-order valence-corrected chi connectivity index (χ4v) is 3.78. The Labute approximate surface area is 152 Å². The van der Waals surface area contributed by atoms with Crippen LogP contribution in [0.25, 0.3) is 0 Å². The van der Waals surface area contributed by atoms with Crippen molar-refractivity contribution in [2.24, 2.45) is 13.0 Å². The molecule has 2 heterocycles. The Balaban J connectivity index is 1.74. The first kappa shape index (κ1) is 18.5. The Kier molecular flexibility index (Phi) is 5.36. The third-order valence-electron chi connectivity index (χ3n) is 5.13. The van der Waals surface area contributed by atoms with Gasteiger partial charge in [-0.05, 0) is 12.5 Å². The van der Waals surface area contributed by atoms with Crippen LogP contribution < -0.4 is 5.32 Å². The maximum Gasteiger partial charge on any atom is 0.223 e. The van der Waals surface area contributed by atoms with Gasteiger partial charge in [-0.25, -0.2) is 8.78 Å². The number of carbonyl (C=O) groups excluding carboxylic acids is 1. The molecule has 140 valence electrons. The molecule has 1 aromatic heterocycles. The van der Waals surface area contributed by atoms with Crippen molar-refractivity contribution in [1.82, 2.24) is 20.0 Å². The molecule has 0 aliphatic carbocycles. The van der Waals surface area contributed by atoms with E-state index in [9.17, 15) is 13.6 Å². The molecule has 7 heteroatoms. The summed E-state index contributed by atoms with van der Waals surface area (Å²) in [6.45, 7) is 2.51. The fraction of sp³-hybridized carbons (Fsp3) is 0.474. The van der Waals surface area contributed by atoms with Crippen LogP contribution in [0.1, 0.15) is 43.0 Å². The summed E-state index contributed by atoms with van der Waals surface area (Å²) in [5.41, 5.74) is 1.44. The molecule has 1 fully saturated rings. The van der Waals surface area contributed by atoms with Crippen molar-refractivity contribution in [3.63, 3.8) is 0 Å². The van der Waals surface area contributed by atoms with Crippen LogP contribution >= 0.6 is 0 Å². The summed E-state index contributed by atoms with van der Waals surface area (Å²) in [5, 5.41) is 7.57. The van der Waals surface area contributed by atoms with Crippen LogP contribution in [0.15, 0.2) is 30.6 Å². The average molecular weight is 362 g/mol. The van der Waals surface area contributed by atoms with Crippen molar-refractivity contribution in [3.8, 4) is 0 Å². The lowest BCUT2D eigenvalue weighted by Crippen LogP contribution is -2.31. The SMILES string of the molecule is CCC(NC[C@@H]1CC(=O)N(C)[C@H]1c1cnn(C)c1)c1ccc(F)cc1F. The standard InChI is InChI=1S/C19H24F2N4O/c1-4-17(15-6-5-14(20)8-16(15)21)22-9-12-7-18(26)25(3)19(12)13-10-23-24(2)11-13/h5-6,8,10-12,17,19,22H,4,7,9H2,1-3H3/t12-,17?,19+/m0/s1. The molecule has 1 saturated heterocycles. The summed E-state index contributed by atoms with van der Waals surface area (Å²) in [4.78, 5) is 14.0. The largest absolute Gasteiger partial charge is 0.338 e. The predicted octanol–water partition coefficient (Wildman–Crippen LogP) is 2.96. The molecule has 1 aliphatic rings. The summed E-state index contributed by atoms with van der Waals surface area (Å²) >= 11 is 0. The highest BCUT2D eigenvalue weighted by Crippen LogP contribution is 2.36. The van der Waals surface area contributed by atoms with Gasteiger partial charge in [-0.1, -0.05) is 13.0 Å². The van der Waals surface area contributed by atoms with Gasteiger partial charge in [-0.3, -0.25) is 9.48 Å². The van der Waals surface area contributed by atoms with Crippen molar-refractivity contribution >= 4 is 5.91 Å². The molecule has 0 radical (unpaired) electrons. The first-order valence-electron chi connectivity index (χ1n) is 8.83. The van der Waals surface area contributed by atoms with Crippen molar-refractivity contribution < 1.29 is 13.6 Å². The van der Waals surface area contributed by atoms with Crippen LogP contribution in [0, 0.1) is 17.6 Å². The van der Waals surface area contributed by atoms with E-state index in [1.807, 2.05) is 20.2 Å². The van der Waals surface area contributed by atoms with Crippen molar-refractivity contribution in [2.45, 2.75) is 31.8 Å². The number of benzene rings is 1. The molecule has 0 bridgehead atoms. The van der Waals surface area contributed by atoms with Crippen LogP contribution in [0.2, 0.25) is 0 Å². The van der Waals surface area contributed by atoms with E-state index in [-0.39, 0.29) is 23.9 Å². The normalized spacial score (nSPS) is 21.4. The smallest absolute Gasteiger partial charge is 0.223 e. The number of aromatic nitrogens is 2. The number of hydrogen-bond acceptors (Lipinski definition) is 3. The molecular formula is C19H24F2N4O. The topological polar surface area (TPSA) is 50.2 Å². The molecule has 1 aliphatic heterocycles. The molecular weight excluding hydrogens is 338 g/mol. The second-order valence-corrected chi connectivity index (χ2v) is 6.90. The first-order valence-corrected chi connectivity index (χ1v) is 8.83. The minimum Gasteiger partial charge on any atom is -0.338 e. The molecule has 1 unspecified atom stereocenters. The summed E-state index contributed by atoms with van der Waals surface area (Å²) in [5.74, 6) is -0.977. The minimum atomic E-state index is -0.583. The lowest BCUT2D eigenvalue weighted by Gasteiger charge is -2.26. The first-order chi connectivity index (χ1) is 12.4. The maximum absolute atomic E-state index is 14.1. The highest BCUT2D eigenvalue weighted by atomic mass is 19.1. The Morgan fingerprint density at radius 2 is 2.12 bits per heavy atom. The molecule has 1 N–H and O–H groups in total. The van der Waals surface area contributed by atoms with E-state index in [4.69, 9.17) is 0 Å². The van der Waals surface area contributed by atoms with Gasteiger partial charge in [0.05, 0.1) is 12.2 Å². The van der Waals surface area contributed by atoms with Crippen molar-refractivity contribution in [2.75, 3.05) is 13.6 Å². The second kappa shape index (κ2) is 7.53. The van der Waals surface area contributed by atoms with E-state index in [0.717, 1.165) is 11.6 Å². The van der Waals surface area contributed by atoms with Gasteiger partial charge in [0.1, 0.15) is 11.6 Å². The fourth-order valence-electron chi connectivity index (χ4n) is 3.78. The Morgan fingerprint density at radius 3 is 2.73 bits per heavy atom. The van der Waals surface area contributed by atoms with E-state index in [1.165, 1.54) is 12.1 Å². The molecule has 26 heavy (non-hydrogen) atoms. The van der Waals surface area contributed by atoms with Gasteiger partial charge in [0.2, 0.25) is 5.91 Å². The number of nitrogens with zero attached hydrogens (tertiary/aromatic N) is 3. The van der Waals surface area contributed by atoms with Crippen LogP contribution in [0.5, 0.6) is 0 Å². The number of nitrogens with one attached hydrogen (secondary N) is 1. The molecule has 3 atom stereocenters. The zero-order valence-corrected chi connectivity index (χ0v) is 15.2. The van der Waals surface area contributed by atoms with Crippen LogP contribution in [-0.2, 0) is 11.8 Å². The lowest BCUT2D eigenvalue weighted by atomic mass is 9.94. The molecule has 3 rings (SSSR count). The monoisotopic (exact) mass is 362 g/mol. The Bertz CT molecular complexity index is 792. The third kappa shape index (κ3) is 3.62. The van der Waals surface area contributed by atoms with Gasteiger partial charge < -0.3 is 10.2 Å². The van der Waals surface area contributed by atoms with E-state index in [1.54, 1.807) is 22.8 Å². The predicted molar refractivity (Wildman–Crippen MR) is 94.2 cm³/mol. The van der Waals surface area contributed by atoms with E-state index < -0.39 is 11.6 Å². The van der Waals surface area contributed by atoms with Gasteiger partial charge in [-0.2, -0.15) is 5.10 Å². The zero-order valence-electron chi connectivity index (χ0n) is 15.2. The van der Waals surface area contributed by atoms with Gasteiger partial charge in [0.15, 0.2) is 0 Å². The average Bonchev–Trinajstić information content (AvgIpc) is 3.13. The highest BCUT2D eigenvalue weighted by Gasteiger charge is 2.39. The summed E-state index contributed by atoms with van der Waals surface area (Å²) in [7, 11) is 3.65. The zero-order chi connectivity index (χ0) is 18.8. The highest BCUT2D eigenvalue weighted by molar-refractivity contribution is 5.79. The second-order valence-electron chi connectivity index (χ2n) is 6.90. The molecule has 5 nitrogen and oxygen atoms in total. The minimum absolute atomic E-state index is 0.0562. The van der Waals surface area contributed by atoms with Gasteiger partial charge in [0, 0.05) is 62.4 Å². The van der Waals surface area contributed by atoms with Crippen LogP contribution in [-0.4, -0.2) is 34.2 Å². The number of amides is 1. The van der Waals surface area contributed by atoms with Crippen LogP contribution in [0.4, 0.5) is 8.78 Å². The Morgan fingerprint density at radius 1 is 1.35 bits per heavy atom. The number of aryl methyl sites for hydroxylation is 1. The molecule has 0 saturated carbocycles. The molecule has 1 aromatic carbocycles. The van der Waals surface area contributed by atoms with E-state index >= 15 is 0 Å². The quantitative estimate of drug-likeness (QED) is 0.860. The molecule has 1 amide bonds. The number of carbonyl (C=O) groups is 1. The van der Waals surface area contributed by atoms with E-state index in [2.05, 4.69) is 10.4 Å². The summed E-state index contributed by atoms with van der Waals surface area (Å²) < 4.78 is 29.0. The molecule has 2 aromatic rings. The number of halogens is 2. The van der Waals surface area contributed by atoms with Gasteiger partial charge in [0.25, 0.3) is 0 Å². The summed E-state index contributed by atoms with van der Waals surface area (Å²) in [6.07, 6.45) is 4.80. The Hall–Kier alpha value is -2.28. The number of likely N-dealkylation sites (tertiary alicyclic amines) is 1. The lowest BCUT2D eigenvalue weighted by molar-refractivity contribution is -0.127. The van der Waals surface area contributed by atoms with E-state index in [0.29, 0.717) is 24.9 Å².